The van der Waals surface area contributed by atoms with E-state index in [-0.39, 0.29) is 18.1 Å². The molecule has 1 aromatic carbocycles. The van der Waals surface area contributed by atoms with Crippen molar-refractivity contribution in [2.75, 3.05) is 33.0 Å². The monoisotopic (exact) mass is 335 g/mol. The summed E-state index contributed by atoms with van der Waals surface area (Å²) in [5, 5.41) is 8.61. The van der Waals surface area contributed by atoms with Crippen LogP contribution in [-0.2, 0) is 14.3 Å². The first kappa shape index (κ1) is 16.7. The van der Waals surface area contributed by atoms with Crippen molar-refractivity contribution in [3.63, 3.8) is 0 Å². The summed E-state index contributed by atoms with van der Waals surface area (Å²) in [5.41, 5.74) is 0.544. The average molecular weight is 335 g/mol. The van der Waals surface area contributed by atoms with E-state index in [1.54, 1.807) is 24.3 Å². The summed E-state index contributed by atoms with van der Waals surface area (Å²) in [5.74, 6) is -0.682. The van der Waals surface area contributed by atoms with Gasteiger partial charge in [-0.25, -0.2) is 4.79 Å². The summed E-state index contributed by atoms with van der Waals surface area (Å²) in [4.78, 5) is 25.2. The molecule has 2 saturated heterocycles. The van der Waals surface area contributed by atoms with Crippen LogP contribution < -0.4 is 4.74 Å². The fourth-order valence-electron chi connectivity index (χ4n) is 3.09. The molecule has 0 bridgehead atoms. The molecule has 24 heavy (non-hydrogen) atoms. The van der Waals surface area contributed by atoms with E-state index < -0.39 is 12.6 Å². The fraction of sp³-hybridized carbons (Fsp3) is 0.529. The average Bonchev–Trinajstić information content (AvgIpc) is 3.14. The normalized spacial score (nSPS) is 23.9. The molecule has 3 rings (SSSR count). The Labute approximate surface area is 140 Å². The Bertz CT molecular complexity index is 581. The Kier molecular flexibility index (Phi) is 5.32. The number of carbonyl (C=O) groups is 2. The van der Waals surface area contributed by atoms with Gasteiger partial charge in [0.25, 0.3) is 5.91 Å². The van der Waals surface area contributed by atoms with Crippen molar-refractivity contribution in [3.05, 3.63) is 29.8 Å². The highest BCUT2D eigenvalue weighted by atomic mass is 16.5. The van der Waals surface area contributed by atoms with E-state index in [9.17, 15) is 9.59 Å². The van der Waals surface area contributed by atoms with Crippen LogP contribution in [0.1, 0.15) is 23.2 Å². The zero-order valence-corrected chi connectivity index (χ0v) is 13.3. The second kappa shape index (κ2) is 7.63. The predicted molar refractivity (Wildman–Crippen MR) is 84.2 cm³/mol. The molecule has 0 spiro atoms. The van der Waals surface area contributed by atoms with Crippen LogP contribution in [0.15, 0.2) is 24.3 Å². The number of ether oxygens (including phenoxy) is 3. The zero-order valence-electron chi connectivity index (χ0n) is 13.3. The van der Waals surface area contributed by atoms with E-state index >= 15 is 0 Å². The van der Waals surface area contributed by atoms with Crippen molar-refractivity contribution in [3.8, 4) is 5.75 Å². The highest BCUT2D eigenvalue weighted by molar-refractivity contribution is 5.94. The van der Waals surface area contributed by atoms with Gasteiger partial charge in [0.1, 0.15) is 5.75 Å². The van der Waals surface area contributed by atoms with Gasteiger partial charge in [-0.2, -0.15) is 0 Å². The minimum Gasteiger partial charge on any atom is -0.482 e. The molecule has 2 fully saturated rings. The number of carboxylic acid groups (broad SMARTS) is 1. The van der Waals surface area contributed by atoms with E-state index in [1.807, 2.05) is 4.90 Å². The second-order valence-electron chi connectivity index (χ2n) is 5.90. The van der Waals surface area contributed by atoms with Crippen molar-refractivity contribution in [2.24, 2.45) is 0 Å². The first-order valence-electron chi connectivity index (χ1n) is 8.10. The molecular weight excluding hydrogens is 314 g/mol. The van der Waals surface area contributed by atoms with Gasteiger partial charge in [-0.1, -0.05) is 0 Å². The number of rotatable bonds is 5. The van der Waals surface area contributed by atoms with Crippen molar-refractivity contribution in [1.82, 2.24) is 4.90 Å². The first-order valence-corrected chi connectivity index (χ1v) is 8.10. The molecule has 2 atom stereocenters. The van der Waals surface area contributed by atoms with Gasteiger partial charge in [0.05, 0.1) is 25.4 Å². The van der Waals surface area contributed by atoms with Gasteiger partial charge in [0, 0.05) is 18.7 Å². The third kappa shape index (κ3) is 3.85. The van der Waals surface area contributed by atoms with Gasteiger partial charge < -0.3 is 24.2 Å². The lowest BCUT2D eigenvalue weighted by molar-refractivity contribution is -0.139. The lowest BCUT2D eigenvalue weighted by Crippen LogP contribution is -2.54. The summed E-state index contributed by atoms with van der Waals surface area (Å²) in [7, 11) is 0. The summed E-state index contributed by atoms with van der Waals surface area (Å²) in [6.07, 6.45) is 1.99. The number of hydrogen-bond acceptors (Lipinski definition) is 5. The first-order chi connectivity index (χ1) is 11.6. The summed E-state index contributed by atoms with van der Waals surface area (Å²) in [6, 6.07) is 6.47. The topological polar surface area (TPSA) is 85.3 Å². The highest BCUT2D eigenvalue weighted by Gasteiger charge is 2.36. The van der Waals surface area contributed by atoms with Crippen LogP contribution >= 0.6 is 0 Å². The smallest absolute Gasteiger partial charge is 0.341 e. The molecule has 0 aliphatic carbocycles. The number of carbonyl (C=O) groups excluding carboxylic acids is 1. The third-order valence-corrected chi connectivity index (χ3v) is 4.28. The Morgan fingerprint density at radius 2 is 2.04 bits per heavy atom. The number of benzene rings is 1. The summed E-state index contributed by atoms with van der Waals surface area (Å²) >= 11 is 0. The Hall–Kier alpha value is -2.12. The highest BCUT2D eigenvalue weighted by Crippen LogP contribution is 2.24. The van der Waals surface area contributed by atoms with Crippen LogP contribution in [0.25, 0.3) is 0 Å². The number of amides is 1. The van der Waals surface area contributed by atoms with Crippen LogP contribution in [0.3, 0.4) is 0 Å². The van der Waals surface area contributed by atoms with E-state index in [4.69, 9.17) is 19.3 Å². The maximum Gasteiger partial charge on any atom is 0.341 e. The SMILES string of the molecule is O=C(O)COc1ccc(C(=O)N2CCOCC2C2CCCO2)cc1. The summed E-state index contributed by atoms with van der Waals surface area (Å²) < 4.78 is 16.4. The minimum absolute atomic E-state index is 0.0347. The van der Waals surface area contributed by atoms with Crippen molar-refractivity contribution in [1.29, 1.82) is 0 Å². The molecule has 1 amide bonds. The fourth-order valence-corrected chi connectivity index (χ4v) is 3.09. The van der Waals surface area contributed by atoms with E-state index in [0.717, 1.165) is 19.4 Å². The largest absolute Gasteiger partial charge is 0.482 e. The lowest BCUT2D eigenvalue weighted by Gasteiger charge is -2.38. The molecule has 1 N–H and O–H groups in total. The standard InChI is InChI=1S/C17H21NO6/c19-16(20)11-24-13-5-3-12(4-6-13)17(21)18-7-9-22-10-14(18)15-2-1-8-23-15/h3-6,14-15H,1-2,7-11H2,(H,19,20). The van der Waals surface area contributed by atoms with Crippen LogP contribution in [0.4, 0.5) is 0 Å². The van der Waals surface area contributed by atoms with Crippen LogP contribution in [0.5, 0.6) is 5.75 Å². The van der Waals surface area contributed by atoms with Gasteiger partial charge in [-0.05, 0) is 37.1 Å². The maximum atomic E-state index is 12.8. The van der Waals surface area contributed by atoms with Gasteiger partial charge >= 0.3 is 5.97 Å². The van der Waals surface area contributed by atoms with Gasteiger partial charge in [-0.15, -0.1) is 0 Å². The van der Waals surface area contributed by atoms with Gasteiger partial charge in [-0.3, -0.25) is 4.79 Å². The predicted octanol–water partition coefficient (Wildman–Crippen LogP) is 1.17. The molecule has 7 heteroatoms. The molecule has 0 saturated carbocycles. The van der Waals surface area contributed by atoms with E-state index in [0.29, 0.717) is 31.1 Å². The molecular formula is C17H21NO6. The molecule has 2 aliphatic heterocycles. The van der Waals surface area contributed by atoms with Crippen molar-refractivity contribution in [2.45, 2.75) is 25.0 Å². The molecule has 130 valence electrons. The number of hydrogen-bond donors (Lipinski definition) is 1. The van der Waals surface area contributed by atoms with Crippen LogP contribution in [0, 0.1) is 0 Å². The number of nitrogens with zero attached hydrogens (tertiary/aromatic N) is 1. The zero-order chi connectivity index (χ0) is 16.9. The van der Waals surface area contributed by atoms with Gasteiger partial charge in [0.15, 0.2) is 6.61 Å². The molecule has 1 aromatic rings. The van der Waals surface area contributed by atoms with E-state index in [2.05, 4.69) is 0 Å². The maximum absolute atomic E-state index is 12.8. The van der Waals surface area contributed by atoms with Crippen molar-refractivity contribution < 1.29 is 28.9 Å². The second-order valence-corrected chi connectivity index (χ2v) is 5.90. The molecule has 2 aliphatic rings. The molecule has 0 radical (unpaired) electrons. The Morgan fingerprint density at radius 3 is 2.71 bits per heavy atom. The lowest BCUT2D eigenvalue weighted by atomic mass is 10.0. The molecule has 2 unspecified atom stereocenters. The number of aliphatic carboxylic acids is 1. The van der Waals surface area contributed by atoms with Crippen LogP contribution in [-0.4, -0.2) is 67.0 Å². The number of carboxylic acids is 1. The molecule has 7 nitrogen and oxygen atoms in total. The summed E-state index contributed by atoms with van der Waals surface area (Å²) in [6.45, 7) is 1.89. The van der Waals surface area contributed by atoms with Gasteiger partial charge in [0.2, 0.25) is 0 Å². The minimum atomic E-state index is -1.04. The molecule has 2 heterocycles. The molecule has 0 aromatic heterocycles. The quantitative estimate of drug-likeness (QED) is 0.869. The Balaban J connectivity index is 1.68. The van der Waals surface area contributed by atoms with E-state index in [1.165, 1.54) is 0 Å². The third-order valence-electron chi connectivity index (χ3n) is 4.28. The number of morpholine rings is 1. The Morgan fingerprint density at radius 1 is 1.25 bits per heavy atom. The van der Waals surface area contributed by atoms with Crippen LogP contribution in [0.2, 0.25) is 0 Å². The van der Waals surface area contributed by atoms with Crippen molar-refractivity contribution >= 4 is 11.9 Å².